The Hall–Kier alpha value is -0.500. The number of aliphatic hydroxyl groups excluding tert-OH is 1. The van der Waals surface area contributed by atoms with Crippen LogP contribution in [0.15, 0.2) is 0 Å². The van der Waals surface area contributed by atoms with Crippen LogP contribution in [0, 0.1) is 0 Å². The Balaban J connectivity index is 3.81. The molecule has 0 aromatic rings. The minimum absolute atomic E-state index is 0.0784. The summed E-state index contributed by atoms with van der Waals surface area (Å²) < 4.78 is 23.6. The van der Waals surface area contributed by atoms with Gasteiger partial charge < -0.3 is 19.8 Å². The van der Waals surface area contributed by atoms with Gasteiger partial charge in [0.1, 0.15) is 13.2 Å². The molecule has 0 aliphatic carbocycles. The number of carbonyl (C=O) groups excluding carboxylic acids is 1. The molecule has 0 aliphatic rings. The van der Waals surface area contributed by atoms with E-state index in [0.717, 1.165) is 38.5 Å². The predicted octanol–water partition coefficient (Wildman–Crippen LogP) is 17.3. The smallest absolute Gasteiger partial charge is 0.391 e. The van der Waals surface area contributed by atoms with E-state index in [9.17, 15) is 19.4 Å². The number of aliphatic hydroxyl groups is 1. The highest BCUT2D eigenvalue weighted by atomic mass is 31.2. The molecule has 8 nitrogen and oxygen atoms in total. The van der Waals surface area contributed by atoms with E-state index in [-0.39, 0.29) is 19.1 Å². The van der Waals surface area contributed by atoms with Crippen molar-refractivity contribution in [2.75, 3.05) is 40.9 Å². The maximum atomic E-state index is 12.9. The summed E-state index contributed by atoms with van der Waals surface area (Å²) in [7, 11) is 1.63. The molecule has 3 atom stereocenters. The van der Waals surface area contributed by atoms with Crippen molar-refractivity contribution in [3.8, 4) is 0 Å². The minimum atomic E-state index is -4.31. The van der Waals surface area contributed by atoms with Crippen molar-refractivity contribution in [2.24, 2.45) is 0 Å². The van der Waals surface area contributed by atoms with Gasteiger partial charge in [-0.25, -0.2) is 4.57 Å². The summed E-state index contributed by atoms with van der Waals surface area (Å²) in [4.78, 5) is 23.2. The van der Waals surface area contributed by atoms with Crippen molar-refractivity contribution in [1.29, 1.82) is 0 Å². The lowest BCUT2D eigenvalue weighted by Gasteiger charge is -2.26. The Morgan fingerprint density at radius 2 is 0.738 bits per heavy atom. The molecular weight excluding hydrogens is 828 g/mol. The Morgan fingerprint density at radius 3 is 1.03 bits per heavy atom. The SMILES string of the molecule is CCCCCCCCCCCCCCCCCCCCCCCCCCCCCCCCCCCCC(=O)NC(COP(=O)(O)OCC[N+](C)(C)C)C(O)CCCCCCCCCCC. The van der Waals surface area contributed by atoms with E-state index in [2.05, 4.69) is 19.2 Å². The number of nitrogens with zero attached hydrogens (tertiary/aromatic N) is 1. The fourth-order valence-corrected chi connectivity index (χ4v) is 9.79. The minimum Gasteiger partial charge on any atom is -0.391 e. The number of phosphoric acid groups is 1. The zero-order valence-electron chi connectivity index (χ0n) is 44.5. The average molecular weight is 945 g/mol. The molecule has 3 N–H and O–H groups in total. The van der Waals surface area contributed by atoms with E-state index >= 15 is 0 Å². The predicted molar refractivity (Wildman–Crippen MR) is 282 cm³/mol. The second-order valence-corrected chi connectivity index (χ2v) is 22.8. The summed E-state index contributed by atoms with van der Waals surface area (Å²) >= 11 is 0. The molecule has 0 aliphatic heterocycles. The van der Waals surface area contributed by atoms with Crippen LogP contribution < -0.4 is 5.32 Å². The lowest BCUT2D eigenvalue weighted by molar-refractivity contribution is -0.870. The zero-order chi connectivity index (χ0) is 47.8. The number of likely N-dealkylation sites (N-methyl/N-ethyl adjacent to an activating group) is 1. The van der Waals surface area contributed by atoms with Crippen molar-refractivity contribution in [1.82, 2.24) is 5.32 Å². The van der Waals surface area contributed by atoms with Gasteiger partial charge in [0.15, 0.2) is 0 Å². The van der Waals surface area contributed by atoms with Gasteiger partial charge in [-0.1, -0.05) is 284 Å². The molecule has 0 spiro atoms. The molecule has 9 heteroatoms. The molecule has 0 heterocycles. The summed E-state index contributed by atoms with van der Waals surface area (Å²) in [5.74, 6) is -0.139. The molecule has 0 bridgehead atoms. The summed E-state index contributed by atoms with van der Waals surface area (Å²) in [6.07, 6.45) is 57.7. The van der Waals surface area contributed by atoms with Crippen LogP contribution in [-0.2, 0) is 18.4 Å². The van der Waals surface area contributed by atoms with Crippen molar-refractivity contribution >= 4 is 13.7 Å². The summed E-state index contributed by atoms with van der Waals surface area (Å²) in [5.41, 5.74) is 0. The molecule has 0 fully saturated rings. The highest BCUT2D eigenvalue weighted by Gasteiger charge is 2.28. The number of hydrogen-bond donors (Lipinski definition) is 3. The third-order valence-corrected chi connectivity index (χ3v) is 14.6. The third kappa shape index (κ3) is 51.2. The maximum Gasteiger partial charge on any atom is 0.472 e. The summed E-state index contributed by atoms with van der Waals surface area (Å²) in [5, 5.41) is 13.9. The van der Waals surface area contributed by atoms with E-state index < -0.39 is 20.0 Å². The number of carbonyl (C=O) groups is 1. The Labute approximate surface area is 406 Å². The third-order valence-electron chi connectivity index (χ3n) is 13.6. The molecule has 390 valence electrons. The topological polar surface area (TPSA) is 105 Å². The number of rotatable bonds is 54. The van der Waals surface area contributed by atoms with Gasteiger partial charge in [-0.3, -0.25) is 13.8 Å². The van der Waals surface area contributed by atoms with E-state index in [0.29, 0.717) is 23.9 Å². The van der Waals surface area contributed by atoms with E-state index in [1.807, 2.05) is 21.1 Å². The van der Waals surface area contributed by atoms with Crippen LogP contribution in [0.2, 0.25) is 0 Å². The molecule has 0 rings (SSSR count). The standard InChI is InChI=1S/C56H115N2O6P/c1-6-8-10-12-14-16-17-18-19-20-21-22-23-24-25-26-27-28-29-30-31-32-33-34-35-36-37-38-39-40-42-44-46-48-50-56(60)57-54(53-64-65(61,62)63-52-51-58(3,4)5)55(59)49-47-45-43-41-15-13-11-9-7-2/h54-55,59H,6-53H2,1-5H3,(H-,57,60,61,62)/p+1. The molecule has 1 amide bonds. The van der Waals surface area contributed by atoms with Crippen molar-refractivity contribution in [2.45, 2.75) is 315 Å². The lowest BCUT2D eigenvalue weighted by atomic mass is 10.0. The first-order chi connectivity index (χ1) is 31.5. The van der Waals surface area contributed by atoms with Crippen LogP contribution in [0.4, 0.5) is 0 Å². The van der Waals surface area contributed by atoms with Gasteiger partial charge in [0.2, 0.25) is 5.91 Å². The summed E-state index contributed by atoms with van der Waals surface area (Å²) in [6, 6.07) is -0.753. The van der Waals surface area contributed by atoms with Crippen molar-refractivity contribution < 1.29 is 32.9 Å². The van der Waals surface area contributed by atoms with Gasteiger partial charge in [0.05, 0.1) is 39.9 Å². The van der Waals surface area contributed by atoms with E-state index in [4.69, 9.17) is 9.05 Å². The van der Waals surface area contributed by atoms with Crippen molar-refractivity contribution in [3.05, 3.63) is 0 Å². The van der Waals surface area contributed by atoms with Gasteiger partial charge in [-0.15, -0.1) is 0 Å². The largest absolute Gasteiger partial charge is 0.472 e. The number of phosphoric ester groups is 1. The molecule has 0 aromatic carbocycles. The van der Waals surface area contributed by atoms with Crippen molar-refractivity contribution in [3.63, 3.8) is 0 Å². The number of amides is 1. The molecule has 65 heavy (non-hydrogen) atoms. The fourth-order valence-electron chi connectivity index (χ4n) is 9.05. The number of hydrogen-bond acceptors (Lipinski definition) is 5. The molecular formula is C56H116N2O6P+. The molecule has 0 aromatic heterocycles. The maximum absolute atomic E-state index is 12.9. The lowest BCUT2D eigenvalue weighted by Crippen LogP contribution is -2.46. The molecule has 0 radical (unpaired) electrons. The number of unbranched alkanes of at least 4 members (excludes halogenated alkanes) is 41. The van der Waals surface area contributed by atoms with Crippen LogP contribution in [0.25, 0.3) is 0 Å². The van der Waals surface area contributed by atoms with E-state index in [1.165, 1.54) is 238 Å². The zero-order valence-corrected chi connectivity index (χ0v) is 45.4. The molecule has 0 saturated heterocycles. The van der Waals surface area contributed by atoms with E-state index in [1.54, 1.807) is 0 Å². The van der Waals surface area contributed by atoms with Crippen LogP contribution in [-0.4, -0.2) is 73.4 Å². The fraction of sp³-hybridized carbons (Fsp3) is 0.982. The first-order valence-electron chi connectivity index (χ1n) is 28.9. The Bertz CT molecular complexity index is 1030. The van der Waals surface area contributed by atoms with Crippen LogP contribution in [0.3, 0.4) is 0 Å². The second kappa shape index (κ2) is 48.5. The number of nitrogens with one attached hydrogen (secondary N) is 1. The van der Waals surface area contributed by atoms with Gasteiger partial charge >= 0.3 is 7.82 Å². The first-order valence-corrected chi connectivity index (χ1v) is 30.4. The Kier molecular flexibility index (Phi) is 48.1. The average Bonchev–Trinajstić information content (AvgIpc) is 3.26. The monoisotopic (exact) mass is 944 g/mol. The van der Waals surface area contributed by atoms with Gasteiger partial charge in [-0.2, -0.15) is 0 Å². The van der Waals surface area contributed by atoms with Gasteiger partial charge in [0, 0.05) is 6.42 Å². The second-order valence-electron chi connectivity index (χ2n) is 21.4. The van der Waals surface area contributed by atoms with Crippen LogP contribution in [0.5, 0.6) is 0 Å². The molecule has 3 unspecified atom stereocenters. The van der Waals surface area contributed by atoms with Crippen LogP contribution in [0.1, 0.15) is 303 Å². The quantitative estimate of drug-likeness (QED) is 0.0319. The Morgan fingerprint density at radius 1 is 0.462 bits per heavy atom. The van der Waals surface area contributed by atoms with Crippen LogP contribution >= 0.6 is 7.82 Å². The normalized spacial score (nSPS) is 13.9. The van der Waals surface area contributed by atoms with Gasteiger partial charge in [-0.05, 0) is 12.8 Å². The summed E-state index contributed by atoms with van der Waals surface area (Å²) in [6.45, 7) is 4.90. The van der Waals surface area contributed by atoms with Gasteiger partial charge in [0.25, 0.3) is 0 Å². The number of quaternary nitrogens is 1. The molecule has 0 saturated carbocycles. The highest BCUT2D eigenvalue weighted by molar-refractivity contribution is 7.47. The first kappa shape index (κ1) is 64.5. The highest BCUT2D eigenvalue weighted by Crippen LogP contribution is 2.43.